The van der Waals surface area contributed by atoms with Gasteiger partial charge >= 0.3 is 6.03 Å². The molecule has 0 aliphatic carbocycles. The van der Waals surface area contributed by atoms with E-state index in [4.69, 9.17) is 0 Å². The highest BCUT2D eigenvalue weighted by Crippen LogP contribution is 2.41. The summed E-state index contributed by atoms with van der Waals surface area (Å²) in [6.45, 7) is 3.93. The van der Waals surface area contributed by atoms with Crippen molar-refractivity contribution in [1.82, 2.24) is 15.5 Å². The second kappa shape index (κ2) is 7.16. The largest absolute Gasteiger partial charge is 0.355 e. The van der Waals surface area contributed by atoms with Gasteiger partial charge in [-0.25, -0.2) is 17.6 Å². The molecular formula is C18H22FN3O5S. The highest BCUT2D eigenvalue weighted by atomic mass is 32.2. The molecule has 10 heteroatoms. The Morgan fingerprint density at radius 3 is 2.75 bits per heavy atom. The fourth-order valence-electron chi connectivity index (χ4n) is 3.46. The molecule has 0 aromatic heterocycles. The number of nitrogens with one attached hydrogen (secondary N) is 2. The third-order valence-corrected chi connectivity index (χ3v) is 6.77. The monoisotopic (exact) mass is 411 g/mol. The molecular weight excluding hydrogens is 389 g/mol. The molecule has 1 saturated heterocycles. The molecule has 1 atom stereocenters. The molecule has 0 bridgehead atoms. The smallest absolute Gasteiger partial charge is 0.325 e. The number of benzene rings is 1. The predicted molar refractivity (Wildman–Crippen MR) is 97.5 cm³/mol. The molecule has 2 N–H and O–H groups in total. The maximum atomic E-state index is 13.8. The number of sulfone groups is 1. The summed E-state index contributed by atoms with van der Waals surface area (Å²) in [5.41, 5.74) is -1.78. The van der Waals surface area contributed by atoms with Gasteiger partial charge in [0, 0.05) is 12.1 Å². The number of amides is 4. The lowest BCUT2D eigenvalue weighted by Crippen LogP contribution is -2.49. The van der Waals surface area contributed by atoms with E-state index in [1.165, 1.54) is 0 Å². The Kier molecular flexibility index (Phi) is 5.18. The van der Waals surface area contributed by atoms with Crippen LogP contribution in [0.1, 0.15) is 32.3 Å². The van der Waals surface area contributed by atoms with Crippen LogP contribution < -0.4 is 10.6 Å². The first kappa shape index (κ1) is 20.2. The summed E-state index contributed by atoms with van der Waals surface area (Å²) in [6.07, 6.45) is 0.530. The van der Waals surface area contributed by atoms with Gasteiger partial charge in [0.05, 0.1) is 10.6 Å². The van der Waals surface area contributed by atoms with Crippen molar-refractivity contribution in [2.24, 2.45) is 5.92 Å². The lowest BCUT2D eigenvalue weighted by Gasteiger charge is -2.32. The van der Waals surface area contributed by atoms with Crippen LogP contribution >= 0.6 is 0 Å². The van der Waals surface area contributed by atoms with Gasteiger partial charge in [-0.15, -0.1) is 0 Å². The van der Waals surface area contributed by atoms with E-state index in [1.54, 1.807) is 0 Å². The highest BCUT2D eigenvalue weighted by Gasteiger charge is 2.56. The standard InChI is InChI=1S/C18H22FN3O5S/c1-11(2)5-7-20-15(23)10-22-16(24)18(21-17(22)25)6-8-28(26,27)14-4-3-12(19)9-13(14)18/h3-4,9,11H,5-8,10H2,1-2H3,(H,20,23)(H,21,25). The number of imide groups is 1. The van der Waals surface area contributed by atoms with Crippen LogP contribution in [-0.4, -0.2) is 50.0 Å². The quantitative estimate of drug-likeness (QED) is 0.553. The third-order valence-electron chi connectivity index (χ3n) is 5.00. The number of hydrogen-bond donors (Lipinski definition) is 2. The Morgan fingerprint density at radius 2 is 2.07 bits per heavy atom. The van der Waals surface area contributed by atoms with Crippen molar-refractivity contribution in [3.8, 4) is 0 Å². The van der Waals surface area contributed by atoms with Crippen molar-refractivity contribution in [3.05, 3.63) is 29.6 Å². The lowest BCUT2D eigenvalue weighted by atomic mass is 9.86. The predicted octanol–water partition coefficient (Wildman–Crippen LogP) is 0.912. The van der Waals surface area contributed by atoms with Gasteiger partial charge in [0.15, 0.2) is 9.84 Å². The van der Waals surface area contributed by atoms with Gasteiger partial charge in [0.2, 0.25) is 5.91 Å². The Bertz CT molecular complexity index is 947. The minimum atomic E-state index is -3.69. The van der Waals surface area contributed by atoms with E-state index in [1.807, 2.05) is 13.8 Å². The summed E-state index contributed by atoms with van der Waals surface area (Å²) in [5.74, 6) is -1.95. The highest BCUT2D eigenvalue weighted by molar-refractivity contribution is 7.91. The average molecular weight is 411 g/mol. The Morgan fingerprint density at radius 1 is 1.36 bits per heavy atom. The second-order valence-corrected chi connectivity index (χ2v) is 9.55. The van der Waals surface area contributed by atoms with Crippen molar-refractivity contribution in [2.75, 3.05) is 18.8 Å². The molecule has 1 aromatic rings. The van der Waals surface area contributed by atoms with Gasteiger partial charge in [-0.1, -0.05) is 13.8 Å². The summed E-state index contributed by atoms with van der Waals surface area (Å²) in [7, 11) is -3.69. The average Bonchev–Trinajstić information content (AvgIpc) is 2.83. The fourth-order valence-corrected chi connectivity index (χ4v) is 5.10. The molecule has 8 nitrogen and oxygen atoms in total. The number of carbonyl (C=O) groups excluding carboxylic acids is 3. The number of urea groups is 1. The maximum absolute atomic E-state index is 13.8. The summed E-state index contributed by atoms with van der Waals surface area (Å²) >= 11 is 0. The second-order valence-electron chi connectivity index (χ2n) is 7.47. The molecule has 1 aromatic carbocycles. The first-order valence-corrected chi connectivity index (χ1v) is 10.7. The van der Waals surface area contributed by atoms with E-state index < -0.39 is 45.6 Å². The maximum Gasteiger partial charge on any atom is 0.325 e. The SMILES string of the molecule is CC(C)CCNC(=O)CN1C(=O)NC2(CCS(=O)(=O)c3ccc(F)cc32)C1=O. The molecule has 0 radical (unpaired) electrons. The molecule has 2 heterocycles. The first-order chi connectivity index (χ1) is 13.1. The van der Waals surface area contributed by atoms with Crippen LogP contribution in [-0.2, 0) is 25.0 Å². The Labute approximate surface area is 162 Å². The molecule has 1 fully saturated rings. The molecule has 4 amide bonds. The van der Waals surface area contributed by atoms with Gasteiger partial charge in [-0.3, -0.25) is 14.5 Å². The molecule has 0 saturated carbocycles. The molecule has 2 aliphatic rings. The zero-order valence-corrected chi connectivity index (χ0v) is 16.4. The minimum absolute atomic E-state index is 0.0974. The molecule has 28 heavy (non-hydrogen) atoms. The van der Waals surface area contributed by atoms with Crippen LogP contribution in [0.15, 0.2) is 23.1 Å². The van der Waals surface area contributed by atoms with Crippen molar-refractivity contribution in [3.63, 3.8) is 0 Å². The molecule has 2 aliphatic heterocycles. The van der Waals surface area contributed by atoms with E-state index in [-0.39, 0.29) is 22.6 Å². The topological polar surface area (TPSA) is 113 Å². The van der Waals surface area contributed by atoms with Crippen molar-refractivity contribution in [1.29, 1.82) is 0 Å². The summed E-state index contributed by atoms with van der Waals surface area (Å²) in [6, 6.07) is 2.24. The van der Waals surface area contributed by atoms with Crippen LogP contribution in [0.5, 0.6) is 0 Å². The number of rotatable bonds is 5. The van der Waals surface area contributed by atoms with E-state index in [2.05, 4.69) is 10.6 Å². The van der Waals surface area contributed by atoms with E-state index in [0.717, 1.165) is 29.5 Å². The lowest BCUT2D eigenvalue weighted by molar-refractivity contribution is -0.135. The molecule has 152 valence electrons. The summed E-state index contributed by atoms with van der Waals surface area (Å²) in [5, 5.41) is 5.14. The van der Waals surface area contributed by atoms with Crippen molar-refractivity contribution < 1.29 is 27.2 Å². The van der Waals surface area contributed by atoms with E-state index in [0.29, 0.717) is 12.5 Å². The van der Waals surface area contributed by atoms with Crippen LogP contribution in [0.4, 0.5) is 9.18 Å². The fraction of sp³-hybridized carbons (Fsp3) is 0.500. The number of halogens is 1. The Balaban J connectivity index is 1.87. The van der Waals surface area contributed by atoms with Crippen LogP contribution in [0.25, 0.3) is 0 Å². The zero-order chi connectivity index (χ0) is 20.7. The van der Waals surface area contributed by atoms with Crippen LogP contribution in [0.2, 0.25) is 0 Å². The van der Waals surface area contributed by atoms with Crippen molar-refractivity contribution in [2.45, 2.75) is 37.1 Å². The van der Waals surface area contributed by atoms with Gasteiger partial charge in [0.25, 0.3) is 5.91 Å². The van der Waals surface area contributed by atoms with E-state index in [9.17, 15) is 27.2 Å². The number of carbonyl (C=O) groups is 3. The zero-order valence-electron chi connectivity index (χ0n) is 15.6. The first-order valence-electron chi connectivity index (χ1n) is 9.00. The molecule has 1 spiro atoms. The van der Waals surface area contributed by atoms with Crippen LogP contribution in [0, 0.1) is 11.7 Å². The Hall–Kier alpha value is -2.49. The summed E-state index contributed by atoms with van der Waals surface area (Å²) < 4.78 is 38.5. The minimum Gasteiger partial charge on any atom is -0.355 e. The van der Waals surface area contributed by atoms with Crippen LogP contribution in [0.3, 0.4) is 0 Å². The summed E-state index contributed by atoms with van der Waals surface area (Å²) in [4.78, 5) is 38.1. The van der Waals surface area contributed by atoms with Gasteiger partial charge in [0.1, 0.15) is 17.9 Å². The number of fused-ring (bicyclic) bond motifs is 2. The van der Waals surface area contributed by atoms with Gasteiger partial charge in [-0.2, -0.15) is 0 Å². The molecule has 3 rings (SSSR count). The third kappa shape index (κ3) is 3.48. The normalized spacial score (nSPS) is 23.1. The number of hydrogen-bond acceptors (Lipinski definition) is 5. The van der Waals surface area contributed by atoms with E-state index >= 15 is 0 Å². The van der Waals surface area contributed by atoms with Gasteiger partial charge < -0.3 is 10.6 Å². The van der Waals surface area contributed by atoms with Gasteiger partial charge in [-0.05, 0) is 37.0 Å². The number of nitrogens with zero attached hydrogens (tertiary/aromatic N) is 1. The molecule has 1 unspecified atom stereocenters. The van der Waals surface area contributed by atoms with Crippen molar-refractivity contribution >= 4 is 27.7 Å².